The van der Waals surface area contributed by atoms with Crippen molar-refractivity contribution in [1.82, 2.24) is 29.6 Å². The summed E-state index contributed by atoms with van der Waals surface area (Å²) in [5.74, 6) is 0. The van der Waals surface area contributed by atoms with Crippen molar-refractivity contribution >= 4 is 21.4 Å². The highest BCUT2D eigenvalue weighted by Gasteiger charge is 2.20. The first kappa shape index (κ1) is 16.7. The number of aromatic nitrogens is 6. The molecule has 1 N–H and O–H groups in total. The molecule has 0 saturated carbocycles. The lowest BCUT2D eigenvalue weighted by atomic mass is 9.93. The highest BCUT2D eigenvalue weighted by molar-refractivity contribution is 7.20. The number of nitrogens with one attached hydrogen (secondary N) is 1. The molecule has 134 valence electrons. The minimum atomic E-state index is -0.00888. The van der Waals surface area contributed by atoms with E-state index in [-0.39, 0.29) is 11.5 Å². The highest BCUT2D eigenvalue weighted by Crippen LogP contribution is 2.27. The van der Waals surface area contributed by atoms with Crippen LogP contribution in [-0.2, 0) is 5.41 Å². The van der Waals surface area contributed by atoms with E-state index >= 15 is 0 Å². The fourth-order valence-electron chi connectivity index (χ4n) is 2.56. The third-order valence-corrected chi connectivity index (χ3v) is 4.98. The van der Waals surface area contributed by atoms with Gasteiger partial charge < -0.3 is 5.32 Å². The van der Waals surface area contributed by atoms with Gasteiger partial charge in [-0.05, 0) is 19.1 Å². The van der Waals surface area contributed by atoms with E-state index in [1.54, 1.807) is 4.68 Å². The lowest BCUT2D eigenvalue weighted by Gasteiger charge is -2.13. The summed E-state index contributed by atoms with van der Waals surface area (Å²) in [7, 11) is 0. The normalized spacial score (nSPS) is 13.2. The largest absolute Gasteiger partial charge is 0.352 e. The van der Waals surface area contributed by atoms with Crippen molar-refractivity contribution < 1.29 is 0 Å². The average Bonchev–Trinajstić information content (AvgIpc) is 3.29. The van der Waals surface area contributed by atoms with E-state index in [9.17, 15) is 0 Å². The third kappa shape index (κ3) is 3.20. The Kier molecular flexibility index (Phi) is 3.99. The van der Waals surface area contributed by atoms with Gasteiger partial charge in [0.15, 0.2) is 0 Å². The summed E-state index contributed by atoms with van der Waals surface area (Å²) in [6.07, 6.45) is 3.93. The van der Waals surface area contributed by atoms with Crippen LogP contribution in [0.3, 0.4) is 0 Å². The van der Waals surface area contributed by atoms with Crippen LogP contribution in [0.25, 0.3) is 10.6 Å². The number of anilines is 1. The molecule has 3 heterocycles. The van der Waals surface area contributed by atoms with Crippen LogP contribution in [0.5, 0.6) is 0 Å². The monoisotopic (exact) mass is 367 g/mol. The lowest BCUT2D eigenvalue weighted by molar-refractivity contribution is 0.572. The molecule has 3 aromatic heterocycles. The quantitative estimate of drug-likeness (QED) is 0.593. The molecule has 0 aliphatic rings. The summed E-state index contributed by atoms with van der Waals surface area (Å²) in [5.41, 5.74) is 2.91. The second kappa shape index (κ2) is 6.21. The lowest BCUT2D eigenvalue weighted by Crippen LogP contribution is -2.11. The Balaban J connectivity index is 1.51. The van der Waals surface area contributed by atoms with Crippen molar-refractivity contribution in [2.24, 2.45) is 0 Å². The highest BCUT2D eigenvalue weighted by atomic mass is 32.1. The SMILES string of the molecule is CC(Nc1nn2cc(C(C)(C)C)nc2s1)c1cn(-c2ccccc2)nn1. The number of nitrogens with zero attached hydrogens (tertiary/aromatic N) is 6. The maximum Gasteiger partial charge on any atom is 0.214 e. The Hall–Kier alpha value is -2.74. The van der Waals surface area contributed by atoms with Gasteiger partial charge in [0.25, 0.3) is 0 Å². The van der Waals surface area contributed by atoms with Crippen molar-refractivity contribution in [1.29, 1.82) is 0 Å². The first-order valence-corrected chi connectivity index (χ1v) is 9.33. The minimum Gasteiger partial charge on any atom is -0.352 e. The van der Waals surface area contributed by atoms with Gasteiger partial charge >= 0.3 is 0 Å². The molecule has 0 fully saturated rings. The maximum absolute atomic E-state index is 4.68. The van der Waals surface area contributed by atoms with Crippen LogP contribution in [0.15, 0.2) is 42.7 Å². The third-order valence-electron chi connectivity index (χ3n) is 4.13. The van der Waals surface area contributed by atoms with Crippen LogP contribution in [0.2, 0.25) is 0 Å². The molecule has 0 saturated heterocycles. The van der Waals surface area contributed by atoms with Crippen molar-refractivity contribution in [2.75, 3.05) is 5.32 Å². The number of rotatable bonds is 4. The van der Waals surface area contributed by atoms with Crippen molar-refractivity contribution in [2.45, 2.75) is 39.2 Å². The van der Waals surface area contributed by atoms with E-state index in [1.807, 2.05) is 54.2 Å². The van der Waals surface area contributed by atoms with E-state index < -0.39 is 0 Å². The van der Waals surface area contributed by atoms with E-state index in [4.69, 9.17) is 0 Å². The molecule has 1 atom stereocenters. The number of fused-ring (bicyclic) bond motifs is 1. The van der Waals surface area contributed by atoms with Gasteiger partial charge in [0.1, 0.15) is 5.69 Å². The summed E-state index contributed by atoms with van der Waals surface area (Å²) in [4.78, 5) is 5.56. The second-order valence-corrected chi connectivity index (χ2v) is 8.26. The topological polar surface area (TPSA) is 72.9 Å². The number of imidazole rings is 1. The Labute approximate surface area is 155 Å². The Morgan fingerprint density at radius 2 is 1.88 bits per heavy atom. The van der Waals surface area contributed by atoms with Crippen molar-refractivity contribution in [3.05, 3.63) is 54.1 Å². The van der Waals surface area contributed by atoms with E-state index in [0.29, 0.717) is 0 Å². The summed E-state index contributed by atoms with van der Waals surface area (Å²) in [5, 5.41) is 17.3. The molecule has 0 aliphatic carbocycles. The van der Waals surface area contributed by atoms with Crippen LogP contribution < -0.4 is 5.32 Å². The average molecular weight is 367 g/mol. The predicted molar refractivity (Wildman–Crippen MR) is 103 cm³/mol. The molecule has 1 aromatic carbocycles. The standard InChI is InChI=1S/C18H21N7S/c1-12(14-10-24(23-21-14)13-8-6-5-7-9-13)19-16-22-25-11-15(18(2,3)4)20-17(25)26-16/h5-12H,1-4H3,(H,19,22). The molecule has 7 nitrogen and oxygen atoms in total. The van der Waals surface area contributed by atoms with Crippen molar-refractivity contribution in [3.8, 4) is 5.69 Å². The maximum atomic E-state index is 4.68. The fraction of sp³-hybridized carbons (Fsp3) is 0.333. The summed E-state index contributed by atoms with van der Waals surface area (Å²) >= 11 is 1.54. The molecular weight excluding hydrogens is 346 g/mol. The van der Waals surface area contributed by atoms with Gasteiger partial charge in [-0.1, -0.05) is 55.5 Å². The molecule has 1 unspecified atom stereocenters. The molecule has 0 amide bonds. The molecule has 4 rings (SSSR count). The smallest absolute Gasteiger partial charge is 0.214 e. The zero-order chi connectivity index (χ0) is 18.3. The summed E-state index contributed by atoms with van der Waals surface area (Å²) < 4.78 is 3.61. The minimum absolute atomic E-state index is 0.00888. The summed E-state index contributed by atoms with van der Waals surface area (Å²) in [6, 6.07) is 9.93. The van der Waals surface area contributed by atoms with Gasteiger partial charge in [-0.15, -0.1) is 10.2 Å². The zero-order valence-corrected chi connectivity index (χ0v) is 16.0. The number of hydrogen-bond acceptors (Lipinski definition) is 6. The van der Waals surface area contributed by atoms with Crippen molar-refractivity contribution in [3.63, 3.8) is 0 Å². The first-order valence-electron chi connectivity index (χ1n) is 8.51. The van der Waals surface area contributed by atoms with E-state index in [2.05, 4.69) is 46.5 Å². The molecule has 8 heteroatoms. The number of benzene rings is 1. The van der Waals surface area contributed by atoms with Crippen LogP contribution in [-0.4, -0.2) is 29.6 Å². The van der Waals surface area contributed by atoms with Crippen LogP contribution in [0, 0.1) is 0 Å². The van der Waals surface area contributed by atoms with Crippen LogP contribution in [0.4, 0.5) is 5.13 Å². The zero-order valence-electron chi connectivity index (χ0n) is 15.2. The first-order chi connectivity index (χ1) is 12.4. The van der Waals surface area contributed by atoms with Crippen LogP contribution >= 0.6 is 11.3 Å². The summed E-state index contributed by atoms with van der Waals surface area (Å²) in [6.45, 7) is 8.49. The van der Waals surface area contributed by atoms with Gasteiger partial charge in [-0.25, -0.2) is 14.2 Å². The Morgan fingerprint density at radius 1 is 1.12 bits per heavy atom. The fourth-order valence-corrected chi connectivity index (χ4v) is 3.43. The second-order valence-electron chi connectivity index (χ2n) is 7.30. The number of para-hydroxylation sites is 1. The van der Waals surface area contributed by atoms with Gasteiger partial charge in [0.2, 0.25) is 10.1 Å². The molecule has 0 aliphatic heterocycles. The predicted octanol–water partition coefficient (Wildman–Crippen LogP) is 3.84. The number of hydrogen-bond donors (Lipinski definition) is 1. The molecular formula is C18H21N7S. The van der Waals surface area contributed by atoms with Crippen LogP contribution in [0.1, 0.15) is 45.1 Å². The van der Waals surface area contributed by atoms with Gasteiger partial charge in [0, 0.05) is 5.41 Å². The Bertz CT molecular complexity index is 991. The molecule has 0 radical (unpaired) electrons. The molecule has 0 spiro atoms. The molecule has 0 bridgehead atoms. The van der Waals surface area contributed by atoms with E-state index in [0.717, 1.165) is 27.2 Å². The van der Waals surface area contributed by atoms with Gasteiger partial charge in [-0.3, -0.25) is 0 Å². The van der Waals surface area contributed by atoms with Gasteiger partial charge in [0.05, 0.1) is 29.8 Å². The van der Waals surface area contributed by atoms with E-state index in [1.165, 1.54) is 11.3 Å². The molecule has 26 heavy (non-hydrogen) atoms. The molecule has 4 aromatic rings. The Morgan fingerprint density at radius 3 is 2.58 bits per heavy atom. The van der Waals surface area contributed by atoms with Gasteiger partial charge in [-0.2, -0.15) is 0 Å².